The van der Waals surface area contributed by atoms with Crippen LogP contribution in [0.5, 0.6) is 0 Å². The molecule has 1 aliphatic rings. The van der Waals surface area contributed by atoms with Gasteiger partial charge < -0.3 is 0 Å². The third-order valence-electron chi connectivity index (χ3n) is 1.92. The van der Waals surface area contributed by atoms with E-state index in [1.807, 2.05) is 19.9 Å². The van der Waals surface area contributed by atoms with Crippen LogP contribution < -0.4 is 0 Å². The van der Waals surface area contributed by atoms with Crippen molar-refractivity contribution in [2.24, 2.45) is 4.99 Å². The highest BCUT2D eigenvalue weighted by atomic mass is 14.7. The van der Waals surface area contributed by atoms with Crippen LogP contribution in [0.1, 0.15) is 39.5 Å². The van der Waals surface area contributed by atoms with Crippen LogP contribution in [0.25, 0.3) is 0 Å². The minimum absolute atomic E-state index is 1.09. The molecule has 0 saturated carbocycles. The standard InChI is InChI=1S/C9H13N.C2H6/c1-3-8-6-4-5-7-9(8)10-2;1-2/h3H,1-2,4-7H2;1-2H3. The Morgan fingerprint density at radius 2 is 1.83 bits per heavy atom. The van der Waals surface area contributed by atoms with E-state index in [0.29, 0.717) is 0 Å². The molecule has 0 atom stereocenters. The monoisotopic (exact) mass is 165 g/mol. The predicted octanol–water partition coefficient (Wildman–Crippen LogP) is 3.73. The third-order valence-corrected chi connectivity index (χ3v) is 1.92. The van der Waals surface area contributed by atoms with Crippen LogP contribution in [0.2, 0.25) is 0 Å². The molecule has 0 amide bonds. The maximum absolute atomic E-state index is 3.96. The van der Waals surface area contributed by atoms with Crippen LogP contribution in [0.3, 0.4) is 0 Å². The SMILES string of the molecule is C=CC1=C(N=C)CCCC1.CC. The molecule has 68 valence electrons. The molecule has 0 N–H and O–H groups in total. The Morgan fingerprint density at radius 1 is 1.25 bits per heavy atom. The lowest BCUT2D eigenvalue weighted by Crippen LogP contribution is -1.94. The molecule has 1 heteroatoms. The lowest BCUT2D eigenvalue weighted by molar-refractivity contribution is 0.679. The Kier molecular flexibility index (Phi) is 6.35. The summed E-state index contributed by atoms with van der Waals surface area (Å²) < 4.78 is 0. The van der Waals surface area contributed by atoms with Gasteiger partial charge in [-0.15, -0.1) is 0 Å². The van der Waals surface area contributed by atoms with Gasteiger partial charge in [-0.1, -0.05) is 26.5 Å². The van der Waals surface area contributed by atoms with Crippen molar-refractivity contribution in [1.82, 2.24) is 0 Å². The molecule has 0 aromatic rings. The van der Waals surface area contributed by atoms with E-state index in [0.717, 1.165) is 18.5 Å². The van der Waals surface area contributed by atoms with Gasteiger partial charge in [-0.05, 0) is 38.0 Å². The van der Waals surface area contributed by atoms with Crippen molar-refractivity contribution in [1.29, 1.82) is 0 Å². The van der Waals surface area contributed by atoms with E-state index in [-0.39, 0.29) is 0 Å². The van der Waals surface area contributed by atoms with Crippen molar-refractivity contribution in [3.05, 3.63) is 23.9 Å². The number of rotatable bonds is 2. The van der Waals surface area contributed by atoms with Crippen molar-refractivity contribution in [3.63, 3.8) is 0 Å². The molecule has 0 aromatic carbocycles. The van der Waals surface area contributed by atoms with Gasteiger partial charge in [0.15, 0.2) is 0 Å². The minimum Gasteiger partial charge on any atom is -0.269 e. The maximum atomic E-state index is 3.96. The molecule has 12 heavy (non-hydrogen) atoms. The van der Waals surface area contributed by atoms with E-state index in [1.165, 1.54) is 18.4 Å². The highest BCUT2D eigenvalue weighted by Crippen LogP contribution is 2.25. The van der Waals surface area contributed by atoms with Gasteiger partial charge in [0.1, 0.15) is 0 Å². The van der Waals surface area contributed by atoms with Crippen molar-refractivity contribution in [2.75, 3.05) is 0 Å². The largest absolute Gasteiger partial charge is 0.269 e. The highest BCUT2D eigenvalue weighted by Gasteiger charge is 2.07. The van der Waals surface area contributed by atoms with Crippen LogP contribution in [-0.2, 0) is 0 Å². The smallest absolute Gasteiger partial charge is 0.0428 e. The molecular weight excluding hydrogens is 146 g/mol. The Balaban J connectivity index is 0.000000561. The first-order valence-electron chi connectivity index (χ1n) is 4.69. The molecule has 0 saturated heterocycles. The zero-order chi connectivity index (χ0) is 9.40. The number of allylic oxidation sites excluding steroid dienone is 3. The molecule has 0 spiro atoms. The lowest BCUT2D eigenvalue weighted by Gasteiger charge is -2.13. The molecule has 0 bridgehead atoms. The van der Waals surface area contributed by atoms with Crippen molar-refractivity contribution in [2.45, 2.75) is 39.5 Å². The quantitative estimate of drug-likeness (QED) is 0.553. The average Bonchev–Trinajstić information content (AvgIpc) is 2.20. The topological polar surface area (TPSA) is 12.4 Å². The Labute approximate surface area is 75.9 Å². The molecule has 1 aliphatic carbocycles. The summed E-state index contributed by atoms with van der Waals surface area (Å²) in [6.07, 6.45) is 6.66. The van der Waals surface area contributed by atoms with E-state index in [1.54, 1.807) is 0 Å². The van der Waals surface area contributed by atoms with Gasteiger partial charge in [0.2, 0.25) is 0 Å². The first-order chi connectivity index (χ1) is 5.88. The summed E-state index contributed by atoms with van der Waals surface area (Å²) >= 11 is 0. The molecule has 1 nitrogen and oxygen atoms in total. The van der Waals surface area contributed by atoms with Gasteiger partial charge in [0, 0.05) is 5.70 Å². The number of hydrogen-bond acceptors (Lipinski definition) is 1. The van der Waals surface area contributed by atoms with Gasteiger partial charge in [-0.2, -0.15) is 0 Å². The second kappa shape index (κ2) is 6.84. The molecular formula is C11H19N. The Morgan fingerprint density at radius 3 is 2.25 bits per heavy atom. The van der Waals surface area contributed by atoms with Crippen LogP contribution >= 0.6 is 0 Å². The van der Waals surface area contributed by atoms with E-state index in [9.17, 15) is 0 Å². The second-order valence-electron chi connectivity index (χ2n) is 2.54. The van der Waals surface area contributed by atoms with Crippen LogP contribution in [0, 0.1) is 0 Å². The molecule has 0 radical (unpaired) electrons. The lowest BCUT2D eigenvalue weighted by atomic mass is 9.97. The number of nitrogens with zero attached hydrogens (tertiary/aromatic N) is 1. The molecule has 0 heterocycles. The minimum atomic E-state index is 1.09. The number of hydrogen-bond donors (Lipinski definition) is 0. The van der Waals surface area contributed by atoms with E-state index in [2.05, 4.69) is 18.3 Å². The molecule has 0 aliphatic heterocycles. The van der Waals surface area contributed by atoms with Crippen LogP contribution in [-0.4, -0.2) is 6.72 Å². The van der Waals surface area contributed by atoms with Gasteiger partial charge in [-0.25, -0.2) is 0 Å². The normalized spacial score (nSPS) is 16.2. The van der Waals surface area contributed by atoms with Crippen LogP contribution in [0.15, 0.2) is 28.9 Å². The zero-order valence-corrected chi connectivity index (χ0v) is 8.27. The predicted molar refractivity (Wildman–Crippen MR) is 56.6 cm³/mol. The molecule has 0 unspecified atom stereocenters. The Bertz CT molecular complexity index is 157. The Hall–Kier alpha value is -0.850. The fraction of sp³-hybridized carbons (Fsp3) is 0.545. The summed E-state index contributed by atoms with van der Waals surface area (Å²) in [5, 5.41) is 0. The van der Waals surface area contributed by atoms with E-state index >= 15 is 0 Å². The first kappa shape index (κ1) is 11.2. The first-order valence-corrected chi connectivity index (χ1v) is 4.69. The van der Waals surface area contributed by atoms with Gasteiger partial charge in [0.25, 0.3) is 0 Å². The molecule has 0 fully saturated rings. The maximum Gasteiger partial charge on any atom is 0.0428 e. The fourth-order valence-corrected chi connectivity index (χ4v) is 1.31. The zero-order valence-electron chi connectivity index (χ0n) is 8.27. The van der Waals surface area contributed by atoms with Crippen LogP contribution in [0.4, 0.5) is 0 Å². The van der Waals surface area contributed by atoms with Gasteiger partial charge >= 0.3 is 0 Å². The summed E-state index contributed by atoms with van der Waals surface area (Å²) in [5.41, 5.74) is 2.45. The fourth-order valence-electron chi connectivity index (χ4n) is 1.31. The van der Waals surface area contributed by atoms with Gasteiger partial charge in [-0.3, -0.25) is 4.99 Å². The molecule has 1 rings (SSSR count). The summed E-state index contributed by atoms with van der Waals surface area (Å²) in [6.45, 7) is 11.3. The summed E-state index contributed by atoms with van der Waals surface area (Å²) in [5.74, 6) is 0. The second-order valence-corrected chi connectivity index (χ2v) is 2.54. The van der Waals surface area contributed by atoms with Gasteiger partial charge in [0.05, 0.1) is 0 Å². The van der Waals surface area contributed by atoms with Crippen molar-refractivity contribution in [3.8, 4) is 0 Å². The third kappa shape index (κ3) is 3.04. The summed E-state index contributed by atoms with van der Waals surface area (Å²) in [6, 6.07) is 0. The van der Waals surface area contributed by atoms with Crippen molar-refractivity contribution < 1.29 is 0 Å². The number of aliphatic imine (C=N–C) groups is 1. The summed E-state index contributed by atoms with van der Waals surface area (Å²) in [7, 11) is 0. The summed E-state index contributed by atoms with van der Waals surface area (Å²) in [4.78, 5) is 3.96. The average molecular weight is 165 g/mol. The van der Waals surface area contributed by atoms with Crippen molar-refractivity contribution >= 4 is 6.72 Å². The van der Waals surface area contributed by atoms with E-state index in [4.69, 9.17) is 0 Å². The molecule has 0 aromatic heterocycles. The van der Waals surface area contributed by atoms with E-state index < -0.39 is 0 Å². The highest BCUT2D eigenvalue weighted by molar-refractivity contribution is 5.34.